The average Bonchev–Trinajstić information content (AvgIpc) is 2.53. The molecule has 1 amide bonds. The highest BCUT2D eigenvalue weighted by atomic mass is 16.1. The second-order valence-corrected chi connectivity index (χ2v) is 5.88. The van der Waals surface area contributed by atoms with E-state index in [0.717, 1.165) is 50.5 Å². The van der Waals surface area contributed by atoms with Gasteiger partial charge in [0.15, 0.2) is 0 Å². The van der Waals surface area contributed by atoms with E-state index in [9.17, 15) is 4.79 Å². The Kier molecular flexibility index (Phi) is 4.34. The topological polar surface area (TPSA) is 70.2 Å². The third-order valence-electron chi connectivity index (χ3n) is 4.38. The number of rotatable bonds is 4. The van der Waals surface area contributed by atoms with Crippen LogP contribution in [0.25, 0.3) is 0 Å². The first kappa shape index (κ1) is 14.3. The summed E-state index contributed by atoms with van der Waals surface area (Å²) in [5.74, 6) is 1.54. The highest BCUT2D eigenvalue weighted by molar-refractivity contribution is 5.77. The van der Waals surface area contributed by atoms with Crippen molar-refractivity contribution in [2.45, 2.75) is 38.8 Å². The van der Waals surface area contributed by atoms with Gasteiger partial charge in [-0.25, -0.2) is 9.97 Å². The molecule has 3 rings (SSSR count). The van der Waals surface area contributed by atoms with E-state index >= 15 is 0 Å². The molecule has 6 nitrogen and oxygen atoms in total. The van der Waals surface area contributed by atoms with Gasteiger partial charge in [-0.2, -0.15) is 0 Å². The molecule has 2 N–H and O–H groups in total. The van der Waals surface area contributed by atoms with Crippen molar-refractivity contribution in [3.63, 3.8) is 0 Å². The summed E-state index contributed by atoms with van der Waals surface area (Å²) in [7, 11) is 0. The van der Waals surface area contributed by atoms with Gasteiger partial charge in [0.05, 0.1) is 0 Å². The van der Waals surface area contributed by atoms with E-state index in [2.05, 4.69) is 32.4 Å². The molecule has 2 unspecified atom stereocenters. The van der Waals surface area contributed by atoms with Gasteiger partial charge in [0.2, 0.25) is 11.9 Å². The third kappa shape index (κ3) is 3.32. The van der Waals surface area contributed by atoms with E-state index in [0.29, 0.717) is 18.4 Å². The number of hydrogen-bond donors (Lipinski definition) is 2. The normalized spacial score (nSPS) is 25.4. The van der Waals surface area contributed by atoms with Crippen molar-refractivity contribution in [1.29, 1.82) is 0 Å². The summed E-state index contributed by atoms with van der Waals surface area (Å²) >= 11 is 0. The largest absolute Gasteiger partial charge is 0.353 e. The van der Waals surface area contributed by atoms with Gasteiger partial charge in [-0.1, -0.05) is 6.92 Å². The molecule has 1 aromatic heterocycles. The van der Waals surface area contributed by atoms with Crippen LogP contribution in [0.15, 0.2) is 12.4 Å². The van der Waals surface area contributed by atoms with Crippen molar-refractivity contribution >= 4 is 11.9 Å². The molecule has 6 heteroatoms. The fraction of sp³-hybridized carbons (Fsp3) is 0.667. The Labute approximate surface area is 125 Å². The third-order valence-corrected chi connectivity index (χ3v) is 4.38. The Balaban J connectivity index is 1.61. The molecule has 0 aliphatic carbocycles. The van der Waals surface area contributed by atoms with Crippen LogP contribution in [0.5, 0.6) is 0 Å². The SMILES string of the molecule is CCNCc1cnc(N2CCC3NC(=O)CCC3C2)nc1. The molecule has 0 spiro atoms. The summed E-state index contributed by atoms with van der Waals surface area (Å²) < 4.78 is 0. The summed E-state index contributed by atoms with van der Waals surface area (Å²) in [6.45, 7) is 5.70. The van der Waals surface area contributed by atoms with Crippen LogP contribution in [0.3, 0.4) is 0 Å². The number of carbonyl (C=O) groups excluding carboxylic acids is 1. The van der Waals surface area contributed by atoms with Crippen LogP contribution in [0, 0.1) is 5.92 Å². The molecule has 3 heterocycles. The number of piperidine rings is 2. The van der Waals surface area contributed by atoms with Crippen LogP contribution in [0.4, 0.5) is 5.95 Å². The molecule has 2 saturated heterocycles. The molecular weight excluding hydrogens is 266 g/mol. The zero-order valence-electron chi connectivity index (χ0n) is 12.5. The number of carbonyl (C=O) groups is 1. The minimum atomic E-state index is 0.203. The van der Waals surface area contributed by atoms with Crippen molar-refractivity contribution < 1.29 is 4.79 Å². The maximum absolute atomic E-state index is 11.4. The average molecular weight is 289 g/mol. The van der Waals surface area contributed by atoms with Crippen molar-refractivity contribution in [1.82, 2.24) is 20.6 Å². The number of fused-ring (bicyclic) bond motifs is 1. The van der Waals surface area contributed by atoms with Gasteiger partial charge in [0.25, 0.3) is 0 Å². The zero-order valence-corrected chi connectivity index (χ0v) is 12.5. The summed E-state index contributed by atoms with van der Waals surface area (Å²) in [6, 6.07) is 0.343. The zero-order chi connectivity index (χ0) is 14.7. The highest BCUT2D eigenvalue weighted by Crippen LogP contribution is 2.27. The fourth-order valence-corrected chi connectivity index (χ4v) is 3.16. The minimum absolute atomic E-state index is 0.203. The lowest BCUT2D eigenvalue weighted by Gasteiger charge is -2.41. The van der Waals surface area contributed by atoms with Gasteiger partial charge in [-0.15, -0.1) is 0 Å². The quantitative estimate of drug-likeness (QED) is 0.853. The summed E-state index contributed by atoms with van der Waals surface area (Å²) in [5, 5.41) is 6.38. The van der Waals surface area contributed by atoms with Crippen molar-refractivity contribution in [2.75, 3.05) is 24.5 Å². The lowest BCUT2D eigenvalue weighted by atomic mass is 9.85. The van der Waals surface area contributed by atoms with Gasteiger partial charge in [-0.3, -0.25) is 4.79 Å². The van der Waals surface area contributed by atoms with E-state index in [1.54, 1.807) is 0 Å². The van der Waals surface area contributed by atoms with E-state index in [1.807, 2.05) is 12.4 Å². The molecule has 0 radical (unpaired) electrons. The van der Waals surface area contributed by atoms with E-state index in [4.69, 9.17) is 0 Å². The number of anilines is 1. The molecule has 2 aliphatic rings. The molecule has 0 bridgehead atoms. The molecule has 2 atom stereocenters. The molecule has 21 heavy (non-hydrogen) atoms. The van der Waals surface area contributed by atoms with Gasteiger partial charge in [-0.05, 0) is 25.3 Å². The van der Waals surface area contributed by atoms with Gasteiger partial charge >= 0.3 is 0 Å². The number of nitrogens with zero attached hydrogens (tertiary/aromatic N) is 3. The number of hydrogen-bond acceptors (Lipinski definition) is 5. The van der Waals surface area contributed by atoms with Crippen molar-refractivity contribution in [3.8, 4) is 0 Å². The Hall–Kier alpha value is -1.69. The maximum atomic E-state index is 11.4. The molecule has 2 aliphatic heterocycles. The fourth-order valence-electron chi connectivity index (χ4n) is 3.16. The molecule has 0 saturated carbocycles. The Bertz CT molecular complexity index is 489. The Morgan fingerprint density at radius 2 is 2.19 bits per heavy atom. The van der Waals surface area contributed by atoms with E-state index in [1.165, 1.54) is 0 Å². The predicted octanol–water partition coefficient (Wildman–Crippen LogP) is 0.691. The second-order valence-electron chi connectivity index (χ2n) is 5.88. The van der Waals surface area contributed by atoms with Crippen molar-refractivity contribution in [3.05, 3.63) is 18.0 Å². The van der Waals surface area contributed by atoms with Crippen LogP contribution in [-0.4, -0.2) is 41.6 Å². The molecule has 2 fully saturated rings. The van der Waals surface area contributed by atoms with E-state index < -0.39 is 0 Å². The first-order valence-corrected chi connectivity index (χ1v) is 7.82. The summed E-state index contributed by atoms with van der Waals surface area (Å²) in [6.07, 6.45) is 6.42. The minimum Gasteiger partial charge on any atom is -0.353 e. The first-order chi connectivity index (χ1) is 10.3. The first-order valence-electron chi connectivity index (χ1n) is 7.82. The second kappa shape index (κ2) is 6.39. The monoisotopic (exact) mass is 289 g/mol. The Morgan fingerprint density at radius 1 is 1.38 bits per heavy atom. The predicted molar refractivity (Wildman–Crippen MR) is 80.9 cm³/mol. The molecule has 1 aromatic rings. The van der Waals surface area contributed by atoms with Crippen LogP contribution in [-0.2, 0) is 11.3 Å². The Morgan fingerprint density at radius 3 is 2.95 bits per heavy atom. The number of amides is 1. The maximum Gasteiger partial charge on any atom is 0.225 e. The van der Waals surface area contributed by atoms with E-state index in [-0.39, 0.29) is 5.91 Å². The lowest BCUT2D eigenvalue weighted by molar-refractivity contribution is -0.124. The van der Waals surface area contributed by atoms with Gasteiger partial charge in [0, 0.05) is 50.1 Å². The highest BCUT2D eigenvalue weighted by Gasteiger charge is 2.34. The number of aromatic nitrogens is 2. The smallest absolute Gasteiger partial charge is 0.225 e. The van der Waals surface area contributed by atoms with Crippen LogP contribution >= 0.6 is 0 Å². The van der Waals surface area contributed by atoms with Crippen LogP contribution in [0.1, 0.15) is 31.7 Å². The number of nitrogens with one attached hydrogen (secondary N) is 2. The van der Waals surface area contributed by atoms with Gasteiger partial charge in [0.1, 0.15) is 0 Å². The molecule has 0 aromatic carbocycles. The molecule has 114 valence electrons. The summed E-state index contributed by atoms with van der Waals surface area (Å²) in [4.78, 5) is 22.7. The van der Waals surface area contributed by atoms with Crippen LogP contribution < -0.4 is 15.5 Å². The molecular formula is C15H23N5O. The van der Waals surface area contributed by atoms with Gasteiger partial charge < -0.3 is 15.5 Å². The lowest BCUT2D eigenvalue weighted by Crippen LogP contribution is -2.54. The van der Waals surface area contributed by atoms with Crippen molar-refractivity contribution in [2.24, 2.45) is 5.92 Å². The standard InChI is InChI=1S/C15H23N5O/c1-2-16-7-11-8-17-15(18-9-11)20-6-5-13-12(10-20)3-4-14(21)19-13/h8-9,12-13,16H,2-7,10H2,1H3,(H,19,21). The van der Waals surface area contributed by atoms with Crippen LogP contribution in [0.2, 0.25) is 0 Å². The summed E-state index contributed by atoms with van der Waals surface area (Å²) in [5.41, 5.74) is 1.11.